The quantitative estimate of drug-likeness (QED) is 0.216. The summed E-state index contributed by atoms with van der Waals surface area (Å²) < 4.78 is 11.2. The second-order valence-corrected chi connectivity index (χ2v) is 6.64. The lowest BCUT2D eigenvalue weighted by atomic mass is 10.2. The van der Waals surface area contributed by atoms with Gasteiger partial charge in [0.1, 0.15) is 12.4 Å². The van der Waals surface area contributed by atoms with Crippen LogP contribution >= 0.6 is 24.0 Å². The third-order valence-electron chi connectivity index (χ3n) is 4.45. The fraction of sp³-hybridized carbons (Fsp3) is 0.650. The van der Waals surface area contributed by atoms with E-state index in [1.165, 1.54) is 19.3 Å². The summed E-state index contributed by atoms with van der Waals surface area (Å²) >= 11 is 0. The molecule has 154 valence electrons. The maximum absolute atomic E-state index is 5.93. The minimum atomic E-state index is 0. The predicted molar refractivity (Wildman–Crippen MR) is 122 cm³/mol. The number of rotatable bonds is 11. The van der Waals surface area contributed by atoms with Crippen molar-refractivity contribution in [3.05, 3.63) is 29.8 Å². The Hall–Kier alpha value is -1.06. The molecule has 0 bridgehead atoms. The van der Waals surface area contributed by atoms with E-state index >= 15 is 0 Å². The van der Waals surface area contributed by atoms with Gasteiger partial charge in [0.25, 0.3) is 0 Å². The van der Waals surface area contributed by atoms with Gasteiger partial charge in [-0.25, -0.2) is 4.99 Å². The number of aliphatic imine (C=N–C) groups is 1. The first-order chi connectivity index (χ1) is 12.8. The molecule has 1 aromatic rings. The Labute approximate surface area is 180 Å². The molecule has 1 aliphatic heterocycles. The van der Waals surface area contributed by atoms with Gasteiger partial charge in [0.05, 0.1) is 19.8 Å². The lowest BCUT2D eigenvalue weighted by Crippen LogP contribution is -2.38. The first kappa shape index (κ1) is 24.0. The van der Waals surface area contributed by atoms with Crippen LogP contribution in [0.5, 0.6) is 5.75 Å². The number of nitrogens with one attached hydrogen (secondary N) is 1. The van der Waals surface area contributed by atoms with Crippen molar-refractivity contribution in [2.45, 2.75) is 39.2 Å². The molecular formula is C20H35IN4O2. The van der Waals surface area contributed by atoms with E-state index in [1.807, 2.05) is 24.3 Å². The van der Waals surface area contributed by atoms with Crippen LogP contribution in [0.3, 0.4) is 0 Å². The van der Waals surface area contributed by atoms with Crippen LogP contribution in [0.4, 0.5) is 0 Å². The lowest BCUT2D eigenvalue weighted by Gasteiger charge is -2.26. The molecule has 0 amide bonds. The zero-order valence-corrected chi connectivity index (χ0v) is 18.8. The van der Waals surface area contributed by atoms with Crippen LogP contribution in [0.25, 0.3) is 0 Å². The third kappa shape index (κ3) is 10.8. The number of hydrogen-bond donors (Lipinski definition) is 2. The van der Waals surface area contributed by atoms with Crippen LogP contribution in [-0.4, -0.2) is 56.9 Å². The van der Waals surface area contributed by atoms with Crippen LogP contribution < -0.4 is 15.8 Å². The second kappa shape index (κ2) is 14.9. The Bertz CT molecular complexity index is 536. The highest BCUT2D eigenvalue weighted by Gasteiger charge is 2.09. The van der Waals surface area contributed by atoms with Crippen molar-refractivity contribution in [1.82, 2.24) is 10.2 Å². The van der Waals surface area contributed by atoms with E-state index in [1.54, 1.807) is 0 Å². The van der Waals surface area contributed by atoms with Gasteiger partial charge in [0.15, 0.2) is 5.96 Å². The number of benzene rings is 1. The van der Waals surface area contributed by atoms with Gasteiger partial charge in [-0.3, -0.25) is 4.90 Å². The Kier molecular flexibility index (Phi) is 13.3. The van der Waals surface area contributed by atoms with Gasteiger partial charge < -0.3 is 20.5 Å². The average molecular weight is 490 g/mol. The van der Waals surface area contributed by atoms with Crippen molar-refractivity contribution in [3.8, 4) is 5.75 Å². The number of ether oxygens (including phenoxy) is 2. The summed E-state index contributed by atoms with van der Waals surface area (Å²) in [6, 6.07) is 8.08. The average Bonchev–Trinajstić information content (AvgIpc) is 2.67. The summed E-state index contributed by atoms with van der Waals surface area (Å²) in [4.78, 5) is 6.78. The topological polar surface area (TPSA) is 72.1 Å². The van der Waals surface area contributed by atoms with Crippen LogP contribution in [0.15, 0.2) is 29.3 Å². The highest BCUT2D eigenvalue weighted by atomic mass is 127. The van der Waals surface area contributed by atoms with E-state index < -0.39 is 0 Å². The number of morpholine rings is 1. The van der Waals surface area contributed by atoms with Crippen molar-refractivity contribution in [1.29, 1.82) is 0 Å². The van der Waals surface area contributed by atoms with Crippen LogP contribution in [0.1, 0.15) is 38.2 Å². The largest absolute Gasteiger partial charge is 0.492 e. The molecule has 1 saturated heterocycles. The molecule has 3 N–H and O–H groups in total. The number of nitrogens with two attached hydrogens (primary N) is 1. The van der Waals surface area contributed by atoms with Gasteiger partial charge in [-0.1, -0.05) is 38.3 Å². The Balaban J connectivity index is 0.00000364. The fourth-order valence-corrected chi connectivity index (χ4v) is 2.85. The van der Waals surface area contributed by atoms with Crippen molar-refractivity contribution < 1.29 is 9.47 Å². The Morgan fingerprint density at radius 2 is 2.07 bits per heavy atom. The van der Waals surface area contributed by atoms with Gasteiger partial charge in [0, 0.05) is 26.2 Å². The highest BCUT2D eigenvalue weighted by molar-refractivity contribution is 14.0. The predicted octanol–water partition coefficient (Wildman–Crippen LogP) is 3.00. The maximum atomic E-state index is 5.93. The van der Waals surface area contributed by atoms with E-state index in [4.69, 9.17) is 15.2 Å². The molecule has 0 radical (unpaired) electrons. The lowest BCUT2D eigenvalue weighted by molar-refractivity contribution is 0.0322. The third-order valence-corrected chi connectivity index (χ3v) is 4.45. The van der Waals surface area contributed by atoms with E-state index in [-0.39, 0.29) is 24.0 Å². The molecule has 0 aromatic heterocycles. The first-order valence-electron chi connectivity index (χ1n) is 9.83. The number of halogens is 1. The van der Waals surface area contributed by atoms with E-state index in [0.717, 1.165) is 57.1 Å². The zero-order chi connectivity index (χ0) is 18.5. The van der Waals surface area contributed by atoms with Crippen molar-refractivity contribution >= 4 is 29.9 Å². The van der Waals surface area contributed by atoms with Gasteiger partial charge in [0.2, 0.25) is 0 Å². The van der Waals surface area contributed by atoms with E-state index in [9.17, 15) is 0 Å². The number of unbranched alkanes of at least 4 members (excludes halogenated alkanes) is 3. The minimum absolute atomic E-state index is 0. The molecule has 7 heteroatoms. The summed E-state index contributed by atoms with van der Waals surface area (Å²) in [5.74, 6) is 1.40. The molecule has 0 atom stereocenters. The molecule has 1 fully saturated rings. The molecule has 0 spiro atoms. The van der Waals surface area contributed by atoms with Gasteiger partial charge in [-0.15, -0.1) is 24.0 Å². The van der Waals surface area contributed by atoms with Crippen LogP contribution in [0.2, 0.25) is 0 Å². The van der Waals surface area contributed by atoms with Gasteiger partial charge in [-0.2, -0.15) is 0 Å². The van der Waals surface area contributed by atoms with Gasteiger partial charge >= 0.3 is 0 Å². The standard InChI is InChI=1S/C20H34N4O2.HI/c1-2-3-4-5-9-22-20(21)23-17-18-7-6-8-19(16-18)26-15-12-24-10-13-25-14-11-24;/h6-8,16H,2-5,9-15,17H2,1H3,(H3,21,22,23);1H. The number of hydrogen-bond acceptors (Lipinski definition) is 4. The van der Waals surface area contributed by atoms with Crippen molar-refractivity contribution in [2.75, 3.05) is 46.0 Å². The highest BCUT2D eigenvalue weighted by Crippen LogP contribution is 2.14. The summed E-state index contributed by atoms with van der Waals surface area (Å²) in [6.45, 7) is 8.90. The molecule has 1 aliphatic rings. The Morgan fingerprint density at radius 3 is 2.85 bits per heavy atom. The fourth-order valence-electron chi connectivity index (χ4n) is 2.85. The molecule has 0 saturated carbocycles. The van der Waals surface area contributed by atoms with E-state index in [0.29, 0.717) is 19.1 Å². The summed E-state index contributed by atoms with van der Waals surface area (Å²) in [7, 11) is 0. The molecule has 1 heterocycles. The molecular weight excluding hydrogens is 455 g/mol. The second-order valence-electron chi connectivity index (χ2n) is 6.64. The van der Waals surface area contributed by atoms with Crippen molar-refractivity contribution in [3.63, 3.8) is 0 Å². The van der Waals surface area contributed by atoms with Crippen LogP contribution in [-0.2, 0) is 11.3 Å². The molecule has 2 rings (SSSR count). The molecule has 1 aromatic carbocycles. The van der Waals surface area contributed by atoms with Gasteiger partial charge in [-0.05, 0) is 24.1 Å². The molecule has 0 unspecified atom stereocenters. The van der Waals surface area contributed by atoms with E-state index in [2.05, 4.69) is 22.1 Å². The molecule has 0 aliphatic carbocycles. The van der Waals surface area contributed by atoms with Crippen molar-refractivity contribution in [2.24, 2.45) is 10.7 Å². The zero-order valence-electron chi connectivity index (χ0n) is 16.5. The SMILES string of the molecule is CCCCCCNC(N)=NCc1cccc(OCCN2CCOCC2)c1.I. The smallest absolute Gasteiger partial charge is 0.188 e. The Morgan fingerprint density at radius 1 is 1.26 bits per heavy atom. The monoisotopic (exact) mass is 490 g/mol. The molecule has 27 heavy (non-hydrogen) atoms. The molecule has 6 nitrogen and oxygen atoms in total. The van der Waals surface area contributed by atoms with Crippen LogP contribution in [0, 0.1) is 0 Å². The minimum Gasteiger partial charge on any atom is -0.492 e. The first-order valence-corrected chi connectivity index (χ1v) is 9.83. The number of guanidine groups is 1. The summed E-state index contributed by atoms with van der Waals surface area (Å²) in [5.41, 5.74) is 7.03. The normalized spacial score (nSPS) is 15.2. The summed E-state index contributed by atoms with van der Waals surface area (Å²) in [6.07, 6.45) is 4.89. The number of nitrogens with zero attached hydrogens (tertiary/aromatic N) is 2. The summed E-state index contributed by atoms with van der Waals surface area (Å²) in [5, 5.41) is 3.18. The maximum Gasteiger partial charge on any atom is 0.188 e.